The summed E-state index contributed by atoms with van der Waals surface area (Å²) < 4.78 is 27.8. The summed E-state index contributed by atoms with van der Waals surface area (Å²) in [5, 5.41) is 2.57. The van der Waals surface area contributed by atoms with Crippen molar-refractivity contribution in [1.29, 1.82) is 0 Å². The first kappa shape index (κ1) is 16.5. The van der Waals surface area contributed by atoms with Crippen molar-refractivity contribution in [3.8, 4) is 0 Å². The predicted octanol–water partition coefficient (Wildman–Crippen LogP) is 4.38. The number of aromatic nitrogens is 1. The number of H-pyrrole nitrogens is 1. The Bertz CT molecular complexity index is 1090. The lowest BCUT2D eigenvalue weighted by molar-refractivity contribution is -0.115. The van der Waals surface area contributed by atoms with Gasteiger partial charge in [-0.05, 0) is 46.7 Å². The van der Waals surface area contributed by atoms with Crippen molar-refractivity contribution < 1.29 is 18.4 Å². The van der Waals surface area contributed by atoms with E-state index in [1.165, 1.54) is 12.1 Å². The Morgan fingerprint density at radius 3 is 2.62 bits per heavy atom. The smallest absolute Gasteiger partial charge is 0.290 e. The fourth-order valence-electron chi connectivity index (χ4n) is 3.03. The molecule has 1 saturated heterocycles. The standard InChI is InChI=1S/C19H12F2N2O2S/c20-14-5-1-3-10(16(14)21)9-13(17-18(24)23-19(25)26-17)11-4-2-6-15-12(11)7-8-22-15/h1-8,22H,9H2,(H,23,24,25). The minimum atomic E-state index is -0.957. The first-order valence-electron chi connectivity index (χ1n) is 7.80. The first-order chi connectivity index (χ1) is 12.5. The largest absolute Gasteiger partial charge is 0.361 e. The molecule has 4 nitrogen and oxygen atoms in total. The molecule has 2 amide bonds. The van der Waals surface area contributed by atoms with Gasteiger partial charge >= 0.3 is 0 Å². The lowest BCUT2D eigenvalue weighted by atomic mass is 9.94. The Morgan fingerprint density at radius 1 is 1.04 bits per heavy atom. The molecule has 1 aliphatic rings. The second-order valence-electron chi connectivity index (χ2n) is 5.79. The minimum Gasteiger partial charge on any atom is -0.361 e. The topological polar surface area (TPSA) is 62.0 Å². The molecule has 0 atom stereocenters. The summed E-state index contributed by atoms with van der Waals surface area (Å²) in [6.07, 6.45) is 1.74. The van der Waals surface area contributed by atoms with Crippen LogP contribution in [0, 0.1) is 11.6 Å². The maximum atomic E-state index is 14.2. The maximum Gasteiger partial charge on any atom is 0.290 e. The summed E-state index contributed by atoms with van der Waals surface area (Å²) in [6.45, 7) is 0. The number of rotatable bonds is 3. The highest BCUT2D eigenvalue weighted by Gasteiger charge is 2.30. The van der Waals surface area contributed by atoms with Crippen molar-refractivity contribution in [2.45, 2.75) is 6.42 Å². The van der Waals surface area contributed by atoms with Crippen molar-refractivity contribution >= 4 is 39.4 Å². The van der Waals surface area contributed by atoms with Crippen LogP contribution in [-0.4, -0.2) is 16.1 Å². The van der Waals surface area contributed by atoms with Gasteiger partial charge in [-0.15, -0.1) is 0 Å². The molecule has 3 aromatic rings. The quantitative estimate of drug-likeness (QED) is 0.673. The van der Waals surface area contributed by atoms with E-state index in [9.17, 15) is 18.4 Å². The summed E-state index contributed by atoms with van der Waals surface area (Å²) in [5.41, 5.74) is 2.13. The highest BCUT2D eigenvalue weighted by atomic mass is 32.2. The van der Waals surface area contributed by atoms with Gasteiger partial charge in [0, 0.05) is 23.5 Å². The van der Waals surface area contributed by atoms with E-state index in [1.807, 2.05) is 12.1 Å². The number of carbonyl (C=O) groups is 2. The fraction of sp³-hybridized carbons (Fsp3) is 0.0526. The van der Waals surface area contributed by atoms with Gasteiger partial charge in [-0.3, -0.25) is 14.9 Å². The summed E-state index contributed by atoms with van der Waals surface area (Å²) in [6, 6.07) is 11.2. The van der Waals surface area contributed by atoms with E-state index in [-0.39, 0.29) is 16.9 Å². The number of hydrogen-bond acceptors (Lipinski definition) is 3. The first-order valence-corrected chi connectivity index (χ1v) is 8.62. The fourth-order valence-corrected chi connectivity index (χ4v) is 3.81. The van der Waals surface area contributed by atoms with Crippen LogP contribution in [0.3, 0.4) is 0 Å². The summed E-state index contributed by atoms with van der Waals surface area (Å²) in [5.74, 6) is -2.44. The number of fused-ring (bicyclic) bond motifs is 1. The zero-order valence-corrected chi connectivity index (χ0v) is 14.1. The number of imide groups is 1. The van der Waals surface area contributed by atoms with E-state index in [0.29, 0.717) is 11.1 Å². The van der Waals surface area contributed by atoms with Crippen LogP contribution in [0.2, 0.25) is 0 Å². The van der Waals surface area contributed by atoms with Crippen molar-refractivity contribution in [3.63, 3.8) is 0 Å². The minimum absolute atomic E-state index is 0.0169. The molecule has 1 fully saturated rings. The third-order valence-corrected chi connectivity index (χ3v) is 5.13. The molecular formula is C19H12F2N2O2S. The second kappa shape index (κ2) is 6.42. The number of hydrogen-bond donors (Lipinski definition) is 2. The molecule has 1 aliphatic heterocycles. The van der Waals surface area contributed by atoms with Gasteiger partial charge in [0.25, 0.3) is 11.1 Å². The monoisotopic (exact) mass is 370 g/mol. The number of nitrogens with one attached hydrogen (secondary N) is 2. The lowest BCUT2D eigenvalue weighted by Gasteiger charge is -2.13. The molecule has 4 rings (SSSR count). The molecule has 0 bridgehead atoms. The van der Waals surface area contributed by atoms with E-state index in [4.69, 9.17) is 0 Å². The molecule has 0 radical (unpaired) electrons. The highest BCUT2D eigenvalue weighted by Crippen LogP contribution is 2.37. The molecule has 0 spiro atoms. The SMILES string of the molecule is O=C1NC(=O)C(=C(Cc2cccc(F)c2F)c2cccc3[nH]ccc23)S1. The van der Waals surface area contributed by atoms with E-state index in [1.54, 1.807) is 18.3 Å². The Labute approximate surface area is 151 Å². The number of aromatic amines is 1. The van der Waals surface area contributed by atoms with Crippen molar-refractivity contribution in [2.24, 2.45) is 0 Å². The molecule has 0 unspecified atom stereocenters. The molecule has 2 N–H and O–H groups in total. The Kier molecular flexibility index (Phi) is 4.08. The van der Waals surface area contributed by atoms with Gasteiger partial charge in [0.1, 0.15) is 0 Å². The Balaban J connectivity index is 1.93. The van der Waals surface area contributed by atoms with Gasteiger partial charge in [0.2, 0.25) is 0 Å². The molecule has 130 valence electrons. The van der Waals surface area contributed by atoms with Crippen molar-refractivity contribution in [1.82, 2.24) is 10.3 Å². The third kappa shape index (κ3) is 2.80. The van der Waals surface area contributed by atoms with Crippen molar-refractivity contribution in [2.75, 3.05) is 0 Å². The lowest BCUT2D eigenvalue weighted by Crippen LogP contribution is -2.18. The third-order valence-electron chi connectivity index (χ3n) is 4.21. The number of halogens is 2. The van der Waals surface area contributed by atoms with E-state index < -0.39 is 22.8 Å². The van der Waals surface area contributed by atoms with Crippen LogP contribution in [0.5, 0.6) is 0 Å². The summed E-state index contributed by atoms with van der Waals surface area (Å²) >= 11 is 0.771. The Morgan fingerprint density at radius 2 is 1.85 bits per heavy atom. The van der Waals surface area contributed by atoms with Crippen LogP contribution >= 0.6 is 11.8 Å². The maximum absolute atomic E-state index is 14.2. The van der Waals surface area contributed by atoms with Crippen LogP contribution in [0.25, 0.3) is 16.5 Å². The number of benzene rings is 2. The number of thioether (sulfide) groups is 1. The number of amides is 2. The van der Waals surface area contributed by atoms with E-state index in [0.717, 1.165) is 28.7 Å². The summed E-state index contributed by atoms with van der Waals surface area (Å²) in [7, 11) is 0. The molecule has 26 heavy (non-hydrogen) atoms. The normalized spacial score (nSPS) is 16.2. The van der Waals surface area contributed by atoms with Gasteiger partial charge in [-0.1, -0.05) is 24.3 Å². The predicted molar refractivity (Wildman–Crippen MR) is 96.4 cm³/mol. The molecule has 0 aliphatic carbocycles. The van der Waals surface area contributed by atoms with Gasteiger partial charge in [0.05, 0.1) is 4.91 Å². The Hall–Kier alpha value is -2.93. The summed E-state index contributed by atoms with van der Waals surface area (Å²) in [4.78, 5) is 27.2. The van der Waals surface area contributed by atoms with Gasteiger partial charge in [0.15, 0.2) is 11.6 Å². The number of carbonyl (C=O) groups excluding carboxylic acids is 2. The van der Waals surface area contributed by atoms with Crippen LogP contribution < -0.4 is 5.32 Å². The van der Waals surface area contributed by atoms with Gasteiger partial charge in [-0.25, -0.2) is 8.78 Å². The molecule has 2 heterocycles. The van der Waals surface area contributed by atoms with E-state index in [2.05, 4.69) is 10.3 Å². The highest BCUT2D eigenvalue weighted by molar-refractivity contribution is 8.18. The van der Waals surface area contributed by atoms with Crippen LogP contribution in [-0.2, 0) is 11.2 Å². The molecule has 2 aromatic carbocycles. The van der Waals surface area contributed by atoms with Crippen LogP contribution in [0.1, 0.15) is 11.1 Å². The number of allylic oxidation sites excluding steroid dienone is 1. The molecule has 0 saturated carbocycles. The zero-order chi connectivity index (χ0) is 18.3. The zero-order valence-electron chi connectivity index (χ0n) is 13.3. The molecule has 1 aromatic heterocycles. The van der Waals surface area contributed by atoms with Crippen LogP contribution in [0.15, 0.2) is 53.6 Å². The average molecular weight is 370 g/mol. The van der Waals surface area contributed by atoms with Crippen molar-refractivity contribution in [3.05, 3.63) is 76.3 Å². The van der Waals surface area contributed by atoms with Gasteiger partial charge < -0.3 is 4.98 Å². The van der Waals surface area contributed by atoms with Gasteiger partial charge in [-0.2, -0.15) is 0 Å². The molecule has 7 heteroatoms. The average Bonchev–Trinajstić information content (AvgIpc) is 3.22. The molecular weight excluding hydrogens is 358 g/mol. The van der Waals surface area contributed by atoms with E-state index >= 15 is 0 Å². The van der Waals surface area contributed by atoms with Crippen LogP contribution in [0.4, 0.5) is 13.6 Å². The second-order valence-corrected chi connectivity index (χ2v) is 6.77.